The molecular weight excluding hydrogens is 440 g/mol. The van der Waals surface area contributed by atoms with Gasteiger partial charge in [-0.25, -0.2) is 0 Å². The van der Waals surface area contributed by atoms with Crippen molar-refractivity contribution >= 4 is 34.8 Å². The zero-order chi connectivity index (χ0) is 25.0. The van der Waals surface area contributed by atoms with E-state index in [4.69, 9.17) is 0 Å². The Balaban J connectivity index is 1.44. The van der Waals surface area contributed by atoms with Crippen molar-refractivity contribution < 1.29 is 14.4 Å². The van der Waals surface area contributed by atoms with Crippen LogP contribution in [0.5, 0.6) is 0 Å². The van der Waals surface area contributed by atoms with Crippen LogP contribution in [0.1, 0.15) is 42.6 Å². The van der Waals surface area contributed by atoms with E-state index in [0.29, 0.717) is 29.8 Å². The second-order valence-electron chi connectivity index (χ2n) is 8.38. The maximum Gasteiger partial charge on any atom is 0.251 e. The van der Waals surface area contributed by atoms with Gasteiger partial charge in [0.1, 0.15) is 0 Å². The average Bonchev–Trinajstić information content (AvgIpc) is 2.87. The van der Waals surface area contributed by atoms with Crippen molar-refractivity contribution in [2.75, 3.05) is 22.5 Å². The van der Waals surface area contributed by atoms with Gasteiger partial charge in [-0.2, -0.15) is 0 Å². The minimum Gasteiger partial charge on any atom is -0.376 e. The number of nitrogens with one attached hydrogen (secondary N) is 4. The second-order valence-corrected chi connectivity index (χ2v) is 8.38. The van der Waals surface area contributed by atoms with Crippen LogP contribution in [0.25, 0.3) is 0 Å². The molecule has 0 aromatic heterocycles. The van der Waals surface area contributed by atoms with Crippen molar-refractivity contribution in [2.45, 2.75) is 39.2 Å². The van der Waals surface area contributed by atoms with Gasteiger partial charge >= 0.3 is 0 Å². The van der Waals surface area contributed by atoms with Crippen LogP contribution in [0.3, 0.4) is 0 Å². The third kappa shape index (κ3) is 8.62. The molecule has 3 aromatic carbocycles. The molecule has 7 heteroatoms. The van der Waals surface area contributed by atoms with Crippen molar-refractivity contribution in [1.29, 1.82) is 0 Å². The minimum absolute atomic E-state index is 0.0572. The average molecular weight is 473 g/mol. The lowest BCUT2D eigenvalue weighted by Crippen LogP contribution is -2.31. The molecule has 0 aliphatic carbocycles. The van der Waals surface area contributed by atoms with Crippen molar-refractivity contribution in [1.82, 2.24) is 5.32 Å². The maximum absolute atomic E-state index is 12.3. The predicted molar refractivity (Wildman–Crippen MR) is 141 cm³/mol. The Morgan fingerprint density at radius 3 is 2.17 bits per heavy atom. The van der Waals surface area contributed by atoms with Crippen LogP contribution in [0.4, 0.5) is 17.1 Å². The highest BCUT2D eigenvalue weighted by molar-refractivity contribution is 5.97. The fourth-order valence-electron chi connectivity index (χ4n) is 3.33. The largest absolute Gasteiger partial charge is 0.376 e. The number of benzene rings is 3. The highest BCUT2D eigenvalue weighted by atomic mass is 16.2. The summed E-state index contributed by atoms with van der Waals surface area (Å²) < 4.78 is 0. The molecule has 1 atom stereocenters. The molecule has 0 fully saturated rings. The summed E-state index contributed by atoms with van der Waals surface area (Å²) >= 11 is 0. The third-order valence-electron chi connectivity index (χ3n) is 5.50. The van der Waals surface area contributed by atoms with E-state index in [0.717, 1.165) is 17.7 Å². The minimum atomic E-state index is -0.223. The zero-order valence-electron chi connectivity index (χ0n) is 20.1. The van der Waals surface area contributed by atoms with Crippen LogP contribution >= 0.6 is 0 Å². The number of hydrogen-bond acceptors (Lipinski definition) is 4. The Morgan fingerprint density at radius 2 is 1.46 bits per heavy atom. The quantitative estimate of drug-likeness (QED) is 0.321. The molecule has 0 radical (unpaired) electrons. The molecule has 7 nitrogen and oxygen atoms in total. The van der Waals surface area contributed by atoms with Crippen LogP contribution in [0.2, 0.25) is 0 Å². The number of hydrogen-bond donors (Lipinski definition) is 4. The van der Waals surface area contributed by atoms with E-state index in [1.807, 2.05) is 62.4 Å². The second kappa shape index (κ2) is 12.9. The van der Waals surface area contributed by atoms with Gasteiger partial charge in [-0.05, 0) is 67.8 Å². The molecule has 1 unspecified atom stereocenters. The van der Waals surface area contributed by atoms with Crippen LogP contribution in [-0.4, -0.2) is 30.3 Å². The monoisotopic (exact) mass is 472 g/mol. The van der Waals surface area contributed by atoms with E-state index >= 15 is 0 Å². The number of carbonyl (C=O) groups is 3. The highest BCUT2D eigenvalue weighted by Gasteiger charge is 2.09. The van der Waals surface area contributed by atoms with Crippen LogP contribution in [0, 0.1) is 0 Å². The van der Waals surface area contributed by atoms with E-state index in [1.165, 1.54) is 0 Å². The molecule has 3 rings (SSSR count). The van der Waals surface area contributed by atoms with Crippen LogP contribution < -0.4 is 21.3 Å². The number of carbonyl (C=O) groups excluding carboxylic acids is 3. The summed E-state index contributed by atoms with van der Waals surface area (Å²) in [4.78, 5) is 36.8. The molecule has 3 amide bonds. The first-order chi connectivity index (χ1) is 16.9. The van der Waals surface area contributed by atoms with Crippen molar-refractivity contribution in [3.63, 3.8) is 0 Å². The maximum atomic E-state index is 12.3. The molecule has 0 saturated heterocycles. The Hall–Kier alpha value is -4.13. The SMILES string of the molecule is CCC(C)NC(=O)c1ccc(NC(=O)CNc2cccc(NC(=O)CCc3ccccc3)c2)cc1. The summed E-state index contributed by atoms with van der Waals surface area (Å²) in [6.07, 6.45) is 1.92. The number of rotatable bonds is 11. The van der Waals surface area contributed by atoms with E-state index in [2.05, 4.69) is 21.3 Å². The van der Waals surface area contributed by atoms with Gasteiger partial charge in [-0.15, -0.1) is 0 Å². The molecule has 0 aliphatic heterocycles. The van der Waals surface area contributed by atoms with Crippen molar-refractivity contribution in [2.24, 2.45) is 0 Å². The molecule has 0 spiro atoms. The standard InChI is InChI=1S/C28H32N4O3/c1-3-20(2)30-28(35)22-13-15-23(16-14-22)31-27(34)19-29-24-10-7-11-25(18-24)32-26(33)17-12-21-8-5-4-6-9-21/h4-11,13-16,18,20,29H,3,12,17,19H2,1-2H3,(H,30,35)(H,31,34)(H,32,33). The predicted octanol–water partition coefficient (Wildman–Crippen LogP) is 4.84. The Kier molecular flexibility index (Phi) is 9.42. The third-order valence-corrected chi connectivity index (χ3v) is 5.50. The first-order valence-electron chi connectivity index (χ1n) is 11.8. The lowest BCUT2D eigenvalue weighted by atomic mass is 10.1. The van der Waals surface area contributed by atoms with Gasteiger partial charge in [-0.3, -0.25) is 14.4 Å². The summed E-state index contributed by atoms with van der Waals surface area (Å²) in [5.74, 6) is -0.421. The van der Waals surface area contributed by atoms with Crippen molar-refractivity contribution in [3.8, 4) is 0 Å². The number of aryl methyl sites for hydroxylation is 1. The molecule has 0 aliphatic rings. The molecule has 182 valence electrons. The van der Waals surface area contributed by atoms with E-state index in [1.54, 1.807) is 30.3 Å². The fraction of sp³-hybridized carbons (Fsp3) is 0.250. The molecule has 3 aromatic rings. The lowest BCUT2D eigenvalue weighted by Gasteiger charge is -2.12. The summed E-state index contributed by atoms with van der Waals surface area (Å²) in [6, 6.07) is 24.0. The summed E-state index contributed by atoms with van der Waals surface area (Å²) in [6.45, 7) is 4.02. The van der Waals surface area contributed by atoms with Crippen molar-refractivity contribution in [3.05, 3.63) is 90.0 Å². The molecule has 0 heterocycles. The first-order valence-corrected chi connectivity index (χ1v) is 11.8. The summed E-state index contributed by atoms with van der Waals surface area (Å²) in [7, 11) is 0. The lowest BCUT2D eigenvalue weighted by molar-refractivity contribution is -0.116. The Labute approximate surface area is 206 Å². The Bertz CT molecular complexity index is 1130. The fourth-order valence-corrected chi connectivity index (χ4v) is 3.33. The van der Waals surface area contributed by atoms with Crippen LogP contribution in [0.15, 0.2) is 78.9 Å². The summed E-state index contributed by atoms with van der Waals surface area (Å²) in [5.41, 5.74) is 3.66. The zero-order valence-corrected chi connectivity index (χ0v) is 20.1. The van der Waals surface area contributed by atoms with Gasteiger partial charge in [0.15, 0.2) is 0 Å². The van der Waals surface area contributed by atoms with Gasteiger partial charge in [-0.1, -0.05) is 43.3 Å². The van der Waals surface area contributed by atoms with Gasteiger partial charge in [0.05, 0.1) is 6.54 Å². The molecule has 0 bridgehead atoms. The molecule has 0 saturated carbocycles. The molecular formula is C28H32N4O3. The molecule has 35 heavy (non-hydrogen) atoms. The van der Waals surface area contributed by atoms with Gasteiger partial charge in [0, 0.05) is 35.1 Å². The van der Waals surface area contributed by atoms with Gasteiger partial charge in [0.25, 0.3) is 5.91 Å². The number of anilines is 3. The first kappa shape index (κ1) is 25.5. The number of amides is 3. The van der Waals surface area contributed by atoms with E-state index in [9.17, 15) is 14.4 Å². The van der Waals surface area contributed by atoms with Gasteiger partial charge in [0.2, 0.25) is 11.8 Å². The van der Waals surface area contributed by atoms with E-state index < -0.39 is 0 Å². The molecule has 4 N–H and O–H groups in total. The normalized spacial score (nSPS) is 11.3. The smallest absolute Gasteiger partial charge is 0.251 e. The van der Waals surface area contributed by atoms with E-state index in [-0.39, 0.29) is 30.3 Å². The van der Waals surface area contributed by atoms with Crippen LogP contribution in [-0.2, 0) is 16.0 Å². The summed E-state index contributed by atoms with van der Waals surface area (Å²) in [5, 5.41) is 11.7. The highest BCUT2D eigenvalue weighted by Crippen LogP contribution is 2.16. The topological polar surface area (TPSA) is 99.3 Å². The van der Waals surface area contributed by atoms with Gasteiger partial charge < -0.3 is 21.3 Å². The Morgan fingerprint density at radius 1 is 0.771 bits per heavy atom.